The molecule has 0 aromatic rings. The van der Waals surface area contributed by atoms with Crippen LogP contribution in [0.25, 0.3) is 0 Å². The van der Waals surface area contributed by atoms with Crippen molar-refractivity contribution in [2.45, 2.75) is 76.2 Å². The van der Waals surface area contributed by atoms with Gasteiger partial charge in [-0.25, -0.2) is 4.39 Å². The molecule has 138 valence electrons. The first-order valence-electron chi connectivity index (χ1n) is 9.72. The Morgan fingerprint density at radius 2 is 1.88 bits per heavy atom. The molecule has 4 rings (SSSR count). The third-order valence-electron chi connectivity index (χ3n) is 8.59. The van der Waals surface area contributed by atoms with E-state index in [2.05, 4.69) is 29.8 Å². The van der Waals surface area contributed by atoms with Crippen LogP contribution in [0.15, 0.2) is 11.6 Å². The van der Waals surface area contributed by atoms with E-state index in [1.54, 1.807) is 13.0 Å². The quantitative estimate of drug-likeness (QED) is 0.557. The van der Waals surface area contributed by atoms with E-state index < -0.39 is 10.5 Å². The maximum Gasteiger partial charge on any atom is 0.155 e. The molecular formula is C21H28BrFO2. The molecule has 0 N–H and O–H groups in total. The highest BCUT2D eigenvalue weighted by molar-refractivity contribution is 9.10. The van der Waals surface area contributed by atoms with Crippen molar-refractivity contribution in [3.05, 3.63) is 11.6 Å². The summed E-state index contributed by atoms with van der Waals surface area (Å²) in [4.78, 5) is 24.3. The van der Waals surface area contributed by atoms with Gasteiger partial charge < -0.3 is 0 Å². The highest BCUT2D eigenvalue weighted by atomic mass is 79.9. The van der Waals surface area contributed by atoms with Crippen molar-refractivity contribution in [1.82, 2.24) is 0 Å². The van der Waals surface area contributed by atoms with E-state index in [0.717, 1.165) is 37.7 Å². The zero-order valence-electron chi connectivity index (χ0n) is 15.4. The molecule has 0 aliphatic heterocycles. The van der Waals surface area contributed by atoms with Gasteiger partial charge in [0.1, 0.15) is 12.0 Å². The Labute approximate surface area is 158 Å². The predicted molar refractivity (Wildman–Crippen MR) is 99.3 cm³/mol. The fourth-order valence-corrected chi connectivity index (χ4v) is 7.84. The number of hydrogen-bond acceptors (Lipinski definition) is 2. The predicted octanol–water partition coefficient (Wildman–Crippen LogP) is 5.19. The summed E-state index contributed by atoms with van der Waals surface area (Å²) in [5.41, 5.74) is 0.510. The van der Waals surface area contributed by atoms with Crippen molar-refractivity contribution in [1.29, 1.82) is 0 Å². The second kappa shape index (κ2) is 5.50. The van der Waals surface area contributed by atoms with Crippen LogP contribution in [0.2, 0.25) is 0 Å². The zero-order chi connectivity index (χ0) is 18.2. The molecule has 5 unspecified atom stereocenters. The van der Waals surface area contributed by atoms with Crippen molar-refractivity contribution in [3.8, 4) is 0 Å². The van der Waals surface area contributed by atoms with Crippen LogP contribution in [0.4, 0.5) is 4.39 Å². The number of Topliss-reactive ketones (excluding diaryl/α,β-unsaturated/α-hetero) is 1. The Morgan fingerprint density at radius 1 is 1.20 bits per heavy atom. The van der Waals surface area contributed by atoms with Gasteiger partial charge in [0.05, 0.1) is 4.32 Å². The molecule has 0 spiro atoms. The van der Waals surface area contributed by atoms with Gasteiger partial charge in [0.25, 0.3) is 0 Å². The summed E-state index contributed by atoms with van der Waals surface area (Å²) in [7, 11) is 0. The Balaban J connectivity index is 1.73. The number of fused-ring (bicyclic) bond motifs is 5. The largest absolute Gasteiger partial charge is 0.298 e. The van der Waals surface area contributed by atoms with E-state index in [1.807, 2.05) is 0 Å². The van der Waals surface area contributed by atoms with Gasteiger partial charge in [-0.1, -0.05) is 29.8 Å². The van der Waals surface area contributed by atoms with E-state index in [0.29, 0.717) is 30.6 Å². The molecule has 0 radical (unpaired) electrons. The normalized spacial score (nSPS) is 52.0. The van der Waals surface area contributed by atoms with Crippen LogP contribution in [-0.2, 0) is 9.59 Å². The lowest BCUT2D eigenvalue weighted by molar-refractivity contribution is -0.126. The lowest BCUT2D eigenvalue weighted by Gasteiger charge is -2.59. The molecule has 4 aliphatic carbocycles. The fourth-order valence-electron chi connectivity index (χ4n) is 7.12. The van der Waals surface area contributed by atoms with Crippen LogP contribution < -0.4 is 0 Å². The molecule has 2 nitrogen and oxygen atoms in total. The second-order valence-corrected chi connectivity index (χ2v) is 10.8. The number of allylic oxidation sites excluding steroid dienone is 1. The van der Waals surface area contributed by atoms with Crippen molar-refractivity contribution in [2.24, 2.45) is 28.6 Å². The minimum absolute atomic E-state index is 0.0816. The Hall–Kier alpha value is -0.510. The smallest absolute Gasteiger partial charge is 0.155 e. The average Bonchev–Trinajstić information content (AvgIpc) is 2.83. The summed E-state index contributed by atoms with van der Waals surface area (Å²) in [6.07, 6.45) is 6.40. The van der Waals surface area contributed by atoms with Crippen LogP contribution in [0.3, 0.4) is 0 Å². The Morgan fingerprint density at radius 3 is 2.56 bits per heavy atom. The summed E-state index contributed by atoms with van der Waals surface area (Å²) in [5.74, 6) is 1.47. The molecule has 7 atom stereocenters. The number of alkyl halides is 2. The van der Waals surface area contributed by atoms with Gasteiger partial charge in [-0.15, -0.1) is 0 Å². The van der Waals surface area contributed by atoms with Gasteiger partial charge >= 0.3 is 0 Å². The number of ketones is 2. The van der Waals surface area contributed by atoms with Crippen molar-refractivity contribution in [3.63, 3.8) is 0 Å². The zero-order valence-corrected chi connectivity index (χ0v) is 17.0. The Bertz CT molecular complexity index is 673. The van der Waals surface area contributed by atoms with E-state index >= 15 is 4.39 Å². The van der Waals surface area contributed by atoms with E-state index in [9.17, 15) is 9.59 Å². The Kier molecular flexibility index (Phi) is 3.93. The topological polar surface area (TPSA) is 34.1 Å². The molecule has 4 aliphatic rings. The molecule has 3 fully saturated rings. The van der Waals surface area contributed by atoms with Gasteiger partial charge in [0.15, 0.2) is 5.78 Å². The van der Waals surface area contributed by atoms with E-state index in [4.69, 9.17) is 0 Å². The first kappa shape index (κ1) is 17.9. The van der Waals surface area contributed by atoms with Crippen molar-refractivity contribution >= 4 is 27.5 Å². The van der Waals surface area contributed by atoms with Gasteiger partial charge in [-0.2, -0.15) is 0 Å². The fraction of sp³-hybridized carbons (Fsp3) is 0.810. The number of hydrogen-bond donors (Lipinski definition) is 0. The van der Waals surface area contributed by atoms with Crippen LogP contribution in [0.5, 0.6) is 0 Å². The average molecular weight is 411 g/mol. The van der Waals surface area contributed by atoms with Gasteiger partial charge in [-0.3, -0.25) is 9.59 Å². The number of rotatable bonds is 1. The number of halogens is 2. The maximum absolute atomic E-state index is 15.1. The first-order chi connectivity index (χ1) is 11.6. The van der Waals surface area contributed by atoms with Crippen LogP contribution in [0, 0.1) is 28.6 Å². The minimum Gasteiger partial charge on any atom is -0.298 e. The second-order valence-electron chi connectivity index (χ2n) is 9.42. The lowest BCUT2D eigenvalue weighted by Crippen LogP contribution is -2.56. The lowest BCUT2D eigenvalue weighted by atomic mass is 9.46. The highest BCUT2D eigenvalue weighted by Crippen LogP contribution is 2.69. The molecule has 25 heavy (non-hydrogen) atoms. The van der Waals surface area contributed by atoms with E-state index in [1.165, 1.54) is 0 Å². The number of carbonyl (C=O) groups is 2. The maximum atomic E-state index is 15.1. The first-order valence-corrected chi connectivity index (χ1v) is 10.5. The van der Waals surface area contributed by atoms with Gasteiger partial charge in [0, 0.05) is 6.42 Å². The van der Waals surface area contributed by atoms with Crippen molar-refractivity contribution < 1.29 is 14.0 Å². The molecule has 0 bridgehead atoms. The van der Waals surface area contributed by atoms with Crippen molar-refractivity contribution in [2.75, 3.05) is 0 Å². The highest BCUT2D eigenvalue weighted by Gasteiger charge is 2.66. The summed E-state index contributed by atoms with van der Waals surface area (Å²) >= 11 is 3.83. The molecule has 3 saturated carbocycles. The standard InChI is InChI=1S/C21H28BrFO2/c1-12(24)21(22)9-6-16-14-11-18(23)17-10-13(25)4-7-19(17,2)15(14)5-8-20(16,21)3/h10,14-16,18H,4-9,11H2,1-3H3/t14?,15?,16?,18-,19?,20?,21-/m0/s1. The van der Waals surface area contributed by atoms with Crippen LogP contribution in [-0.4, -0.2) is 22.1 Å². The molecule has 0 saturated heterocycles. The third kappa shape index (κ3) is 2.18. The summed E-state index contributed by atoms with van der Waals surface area (Å²) in [6, 6.07) is 0. The SMILES string of the molecule is CC(=O)[C@@]1(Br)CCC2C3C[C@H](F)C4=CC(=O)CCC4(C)C3CCC21C. The van der Waals surface area contributed by atoms with Crippen LogP contribution >= 0.6 is 15.9 Å². The van der Waals surface area contributed by atoms with E-state index in [-0.39, 0.29) is 22.4 Å². The van der Waals surface area contributed by atoms with Crippen LogP contribution in [0.1, 0.15) is 65.7 Å². The molecule has 0 amide bonds. The molecule has 0 aromatic carbocycles. The monoisotopic (exact) mass is 410 g/mol. The summed E-state index contributed by atoms with van der Waals surface area (Å²) < 4.78 is 14.7. The molecule has 0 heterocycles. The molecule has 0 aromatic heterocycles. The number of carbonyl (C=O) groups excluding carboxylic acids is 2. The molecular weight excluding hydrogens is 383 g/mol. The minimum atomic E-state index is -1.000. The summed E-state index contributed by atoms with van der Waals surface area (Å²) in [5, 5.41) is 0. The van der Waals surface area contributed by atoms with Gasteiger partial charge in [0.2, 0.25) is 0 Å². The summed E-state index contributed by atoms with van der Waals surface area (Å²) in [6.45, 7) is 6.14. The van der Waals surface area contributed by atoms with Gasteiger partial charge in [-0.05, 0) is 85.7 Å². The molecule has 4 heteroatoms. The third-order valence-corrected chi connectivity index (χ3v) is 10.5.